The van der Waals surface area contributed by atoms with Gasteiger partial charge in [0.1, 0.15) is 11.5 Å². The standard InChI is InChI=1S/C25H23ClN2O3S/c1-3-30-16-15-28-23-17(2)20(26)13-14-22(23)32-25(28)27-24(29)19-11-7-8-12-21(19)31-18-9-5-4-6-10-18/h4-14H,3,15-16H2,1-2H3. The van der Waals surface area contributed by atoms with E-state index in [9.17, 15) is 4.79 Å². The highest BCUT2D eigenvalue weighted by atomic mass is 35.5. The largest absolute Gasteiger partial charge is 0.457 e. The zero-order chi connectivity index (χ0) is 22.5. The minimum atomic E-state index is -0.364. The van der Waals surface area contributed by atoms with Crippen LogP contribution in [0, 0.1) is 6.92 Å². The molecular weight excluding hydrogens is 444 g/mol. The Hall–Kier alpha value is -2.93. The van der Waals surface area contributed by atoms with Crippen LogP contribution in [0.2, 0.25) is 5.02 Å². The van der Waals surface area contributed by atoms with Crippen molar-refractivity contribution in [3.05, 3.63) is 87.7 Å². The number of carbonyl (C=O) groups excluding carboxylic acids is 1. The number of aromatic nitrogens is 1. The van der Waals surface area contributed by atoms with Crippen LogP contribution in [-0.2, 0) is 11.3 Å². The molecule has 3 aromatic carbocycles. The molecule has 0 saturated heterocycles. The van der Waals surface area contributed by atoms with Crippen molar-refractivity contribution in [1.29, 1.82) is 0 Å². The molecule has 5 nitrogen and oxygen atoms in total. The van der Waals surface area contributed by atoms with Gasteiger partial charge in [-0.15, -0.1) is 0 Å². The van der Waals surface area contributed by atoms with Gasteiger partial charge in [0.25, 0.3) is 5.91 Å². The lowest BCUT2D eigenvalue weighted by Crippen LogP contribution is -2.20. The van der Waals surface area contributed by atoms with Crippen molar-refractivity contribution in [1.82, 2.24) is 4.57 Å². The van der Waals surface area contributed by atoms with Crippen LogP contribution in [0.1, 0.15) is 22.8 Å². The van der Waals surface area contributed by atoms with Crippen LogP contribution in [0.5, 0.6) is 11.5 Å². The molecule has 1 aromatic heterocycles. The molecule has 7 heteroatoms. The average molecular weight is 467 g/mol. The highest BCUT2D eigenvalue weighted by Crippen LogP contribution is 2.28. The molecule has 0 radical (unpaired) electrons. The average Bonchev–Trinajstić information content (AvgIpc) is 3.15. The van der Waals surface area contributed by atoms with Crippen molar-refractivity contribution in [2.75, 3.05) is 13.2 Å². The molecule has 1 heterocycles. The molecule has 0 atom stereocenters. The van der Waals surface area contributed by atoms with E-state index in [0.717, 1.165) is 15.8 Å². The summed E-state index contributed by atoms with van der Waals surface area (Å²) in [5.74, 6) is 0.761. The maximum Gasteiger partial charge on any atom is 0.283 e. The number of thiazole rings is 1. The van der Waals surface area contributed by atoms with Crippen LogP contribution in [0.4, 0.5) is 0 Å². The van der Waals surface area contributed by atoms with E-state index < -0.39 is 0 Å². The molecule has 0 fully saturated rings. The summed E-state index contributed by atoms with van der Waals surface area (Å²) >= 11 is 7.83. The molecule has 0 N–H and O–H groups in total. The maximum atomic E-state index is 13.2. The first-order chi connectivity index (χ1) is 15.6. The molecule has 0 unspecified atom stereocenters. The number of nitrogens with zero attached hydrogens (tertiary/aromatic N) is 2. The van der Waals surface area contributed by atoms with E-state index in [2.05, 4.69) is 4.99 Å². The number of hydrogen-bond acceptors (Lipinski definition) is 4. The molecule has 164 valence electrons. The summed E-state index contributed by atoms with van der Waals surface area (Å²) in [5, 5.41) is 0.681. The van der Waals surface area contributed by atoms with E-state index in [-0.39, 0.29) is 5.91 Å². The molecule has 0 aliphatic heterocycles. The van der Waals surface area contributed by atoms with Gasteiger partial charge >= 0.3 is 0 Å². The Labute approximate surface area is 195 Å². The minimum Gasteiger partial charge on any atom is -0.457 e. The van der Waals surface area contributed by atoms with Crippen LogP contribution < -0.4 is 9.54 Å². The Balaban J connectivity index is 1.77. The Kier molecular flexibility index (Phi) is 7.05. The second kappa shape index (κ2) is 10.1. The van der Waals surface area contributed by atoms with Crippen molar-refractivity contribution in [3.63, 3.8) is 0 Å². The second-order valence-corrected chi connectivity index (χ2v) is 8.50. The van der Waals surface area contributed by atoms with Gasteiger partial charge in [-0.3, -0.25) is 4.79 Å². The smallest absolute Gasteiger partial charge is 0.283 e. The minimum absolute atomic E-state index is 0.364. The first-order valence-electron chi connectivity index (χ1n) is 10.4. The third-order valence-corrected chi connectivity index (χ3v) is 6.43. The van der Waals surface area contributed by atoms with E-state index in [1.807, 2.05) is 66.9 Å². The van der Waals surface area contributed by atoms with Gasteiger partial charge in [-0.2, -0.15) is 4.99 Å². The molecule has 4 aromatic rings. The highest BCUT2D eigenvalue weighted by molar-refractivity contribution is 7.16. The topological polar surface area (TPSA) is 52.8 Å². The number of aryl methyl sites for hydroxylation is 1. The molecule has 0 aliphatic rings. The monoisotopic (exact) mass is 466 g/mol. The fraction of sp³-hybridized carbons (Fsp3) is 0.200. The highest BCUT2D eigenvalue weighted by Gasteiger charge is 2.15. The zero-order valence-corrected chi connectivity index (χ0v) is 19.4. The second-order valence-electron chi connectivity index (χ2n) is 7.08. The van der Waals surface area contributed by atoms with Crippen molar-refractivity contribution in [3.8, 4) is 11.5 Å². The third kappa shape index (κ3) is 4.78. The van der Waals surface area contributed by atoms with Crippen LogP contribution >= 0.6 is 22.9 Å². The first-order valence-corrected chi connectivity index (χ1v) is 11.5. The Bertz CT molecular complexity index is 1310. The lowest BCUT2D eigenvalue weighted by Gasteiger charge is -2.09. The van der Waals surface area contributed by atoms with Gasteiger partial charge in [-0.1, -0.05) is 53.3 Å². The van der Waals surface area contributed by atoms with Gasteiger partial charge in [-0.05, 0) is 55.8 Å². The first kappa shape index (κ1) is 22.3. The summed E-state index contributed by atoms with van der Waals surface area (Å²) in [6, 6.07) is 20.3. The quantitative estimate of drug-likeness (QED) is 0.303. The number of ether oxygens (including phenoxy) is 2. The van der Waals surface area contributed by atoms with Gasteiger partial charge < -0.3 is 14.0 Å². The van der Waals surface area contributed by atoms with Crippen molar-refractivity contribution < 1.29 is 14.3 Å². The number of rotatable bonds is 7. The number of benzene rings is 3. The SMILES string of the molecule is CCOCCn1c(=NC(=O)c2ccccc2Oc2ccccc2)sc2ccc(Cl)c(C)c21. The van der Waals surface area contributed by atoms with Crippen molar-refractivity contribution in [2.24, 2.45) is 4.99 Å². The lowest BCUT2D eigenvalue weighted by atomic mass is 10.2. The van der Waals surface area contributed by atoms with Crippen LogP contribution in [0.25, 0.3) is 10.2 Å². The molecule has 4 rings (SSSR count). The van der Waals surface area contributed by atoms with Crippen molar-refractivity contribution in [2.45, 2.75) is 20.4 Å². The number of carbonyl (C=O) groups is 1. The van der Waals surface area contributed by atoms with Gasteiger partial charge in [0, 0.05) is 18.2 Å². The molecule has 32 heavy (non-hydrogen) atoms. The molecule has 0 saturated carbocycles. The Morgan fingerprint density at radius 3 is 2.59 bits per heavy atom. The van der Waals surface area contributed by atoms with Crippen LogP contribution in [-0.4, -0.2) is 23.7 Å². The molecule has 0 aliphatic carbocycles. The number of halogens is 1. The third-order valence-electron chi connectivity index (χ3n) is 4.98. The van der Waals surface area contributed by atoms with Crippen molar-refractivity contribution >= 4 is 39.1 Å². The zero-order valence-electron chi connectivity index (χ0n) is 17.9. The number of para-hydroxylation sites is 2. The predicted molar refractivity (Wildman–Crippen MR) is 129 cm³/mol. The van der Waals surface area contributed by atoms with Gasteiger partial charge in [0.05, 0.1) is 22.4 Å². The fourth-order valence-corrected chi connectivity index (χ4v) is 4.67. The maximum absolute atomic E-state index is 13.2. The summed E-state index contributed by atoms with van der Waals surface area (Å²) in [6.07, 6.45) is 0. The molecule has 1 amide bonds. The molecular formula is C25H23ClN2O3S. The van der Waals surface area contributed by atoms with Crippen LogP contribution in [0.15, 0.2) is 71.7 Å². The van der Waals surface area contributed by atoms with E-state index in [4.69, 9.17) is 21.1 Å². The normalized spacial score (nSPS) is 11.8. The number of amides is 1. The van der Waals surface area contributed by atoms with Gasteiger partial charge in [-0.25, -0.2) is 0 Å². The van der Waals surface area contributed by atoms with E-state index in [0.29, 0.717) is 46.6 Å². The van der Waals surface area contributed by atoms with Gasteiger partial charge in [0.2, 0.25) is 0 Å². The van der Waals surface area contributed by atoms with E-state index in [1.54, 1.807) is 18.2 Å². The number of fused-ring (bicyclic) bond motifs is 1. The molecule has 0 bridgehead atoms. The fourth-order valence-electron chi connectivity index (χ4n) is 3.40. The summed E-state index contributed by atoms with van der Waals surface area (Å²) < 4.78 is 14.5. The summed E-state index contributed by atoms with van der Waals surface area (Å²) in [5.41, 5.74) is 2.33. The van der Waals surface area contributed by atoms with Crippen LogP contribution in [0.3, 0.4) is 0 Å². The summed E-state index contributed by atoms with van der Waals surface area (Å²) in [4.78, 5) is 18.3. The Morgan fingerprint density at radius 2 is 1.81 bits per heavy atom. The summed E-state index contributed by atoms with van der Waals surface area (Å²) in [7, 11) is 0. The predicted octanol–water partition coefficient (Wildman–Crippen LogP) is 6.23. The van der Waals surface area contributed by atoms with Gasteiger partial charge in [0.15, 0.2) is 4.80 Å². The Morgan fingerprint density at radius 1 is 1.06 bits per heavy atom. The van der Waals surface area contributed by atoms with E-state index in [1.165, 1.54) is 11.3 Å². The summed E-state index contributed by atoms with van der Waals surface area (Å²) in [6.45, 7) is 5.64. The van der Waals surface area contributed by atoms with E-state index >= 15 is 0 Å². The molecule has 0 spiro atoms. The number of hydrogen-bond donors (Lipinski definition) is 0. The lowest BCUT2D eigenvalue weighted by molar-refractivity contribution is 0.0994.